The van der Waals surface area contributed by atoms with Gasteiger partial charge in [0.25, 0.3) is 5.56 Å². The van der Waals surface area contributed by atoms with Crippen LogP contribution in [0.3, 0.4) is 0 Å². The number of anilines is 1. The first-order valence-corrected chi connectivity index (χ1v) is 13.6. The normalized spacial score (nSPS) is 18.4. The molecule has 0 aromatic carbocycles. The third-order valence-electron chi connectivity index (χ3n) is 7.64. The van der Waals surface area contributed by atoms with Gasteiger partial charge in [-0.2, -0.15) is 0 Å². The van der Waals surface area contributed by atoms with Crippen molar-refractivity contribution in [2.24, 2.45) is 16.8 Å². The van der Waals surface area contributed by atoms with Crippen LogP contribution >= 0.6 is 0 Å². The van der Waals surface area contributed by atoms with Crippen molar-refractivity contribution in [3.63, 3.8) is 0 Å². The maximum Gasteiger partial charge on any atom is 0.256 e. The highest BCUT2D eigenvalue weighted by Crippen LogP contribution is 2.28. The van der Waals surface area contributed by atoms with Gasteiger partial charge < -0.3 is 9.80 Å². The number of carbonyl (C=O) groups is 1. The number of piperidine rings is 1. The van der Waals surface area contributed by atoms with Gasteiger partial charge in [-0.25, -0.2) is 4.98 Å². The van der Waals surface area contributed by atoms with Crippen molar-refractivity contribution in [1.29, 1.82) is 0 Å². The number of hydrogen-bond acceptors (Lipinski definition) is 5. The van der Waals surface area contributed by atoms with E-state index in [4.69, 9.17) is 4.98 Å². The number of rotatable bonds is 10. The van der Waals surface area contributed by atoms with Crippen molar-refractivity contribution in [2.75, 3.05) is 38.1 Å². The highest BCUT2D eigenvalue weighted by Gasteiger charge is 2.27. The van der Waals surface area contributed by atoms with Gasteiger partial charge in [0.05, 0.1) is 11.4 Å². The number of nitrogens with zero attached hydrogens (tertiary/aromatic N) is 4. The van der Waals surface area contributed by atoms with E-state index in [9.17, 15) is 9.59 Å². The van der Waals surface area contributed by atoms with E-state index < -0.39 is 0 Å². The second-order valence-corrected chi connectivity index (χ2v) is 10.1. The Labute approximate surface area is 205 Å². The fraction of sp³-hybridized carbons (Fsp3) is 0.778. The molecule has 1 amide bonds. The van der Waals surface area contributed by atoms with Gasteiger partial charge in [-0.15, -0.1) is 0 Å². The first-order valence-electron chi connectivity index (χ1n) is 13.6. The van der Waals surface area contributed by atoms with Crippen molar-refractivity contribution in [3.8, 4) is 0 Å². The molecular weight excluding hydrogens is 426 g/mol. The summed E-state index contributed by atoms with van der Waals surface area (Å²) in [6.45, 7) is 9.57. The molecule has 2 heterocycles. The molecular formula is C27H45N5O2. The third kappa shape index (κ3) is 6.70. The van der Waals surface area contributed by atoms with Gasteiger partial charge in [-0.3, -0.25) is 19.6 Å². The molecule has 1 aromatic rings. The minimum absolute atomic E-state index is 0.0308. The molecule has 190 valence electrons. The molecule has 0 radical (unpaired) electrons. The van der Waals surface area contributed by atoms with E-state index in [-0.39, 0.29) is 11.5 Å². The Morgan fingerprint density at radius 1 is 1.06 bits per heavy atom. The van der Waals surface area contributed by atoms with Crippen molar-refractivity contribution < 1.29 is 4.79 Å². The Kier molecular flexibility index (Phi) is 10.1. The number of hydrogen-bond donors (Lipinski definition) is 1. The number of aromatic nitrogens is 2. The van der Waals surface area contributed by atoms with Crippen LogP contribution in [-0.4, -0.2) is 59.7 Å². The number of carbonyl (C=O) groups excluding carboxylic acids is 1. The summed E-state index contributed by atoms with van der Waals surface area (Å²) in [6, 6.07) is 0. The molecule has 7 nitrogen and oxygen atoms in total. The molecule has 7 heteroatoms. The van der Waals surface area contributed by atoms with Crippen LogP contribution < -0.4 is 10.5 Å². The van der Waals surface area contributed by atoms with Gasteiger partial charge in [0.2, 0.25) is 11.9 Å². The minimum atomic E-state index is -0.0308. The average molecular weight is 472 g/mol. The van der Waals surface area contributed by atoms with Crippen LogP contribution in [-0.2, 0) is 11.2 Å². The molecule has 1 N–H and O–H groups in total. The van der Waals surface area contributed by atoms with E-state index in [0.717, 1.165) is 68.8 Å². The maximum atomic E-state index is 13.1. The number of aromatic amines is 1. The van der Waals surface area contributed by atoms with Gasteiger partial charge in [-0.1, -0.05) is 46.5 Å². The lowest BCUT2D eigenvalue weighted by Crippen LogP contribution is -2.43. The second kappa shape index (κ2) is 13.1. The van der Waals surface area contributed by atoms with Gasteiger partial charge in [0.1, 0.15) is 0 Å². The summed E-state index contributed by atoms with van der Waals surface area (Å²) in [4.78, 5) is 42.3. The number of amides is 1. The van der Waals surface area contributed by atoms with E-state index >= 15 is 0 Å². The Balaban J connectivity index is 1.87. The van der Waals surface area contributed by atoms with Gasteiger partial charge in [-0.05, 0) is 50.4 Å². The zero-order valence-electron chi connectivity index (χ0n) is 21.9. The van der Waals surface area contributed by atoms with E-state index in [2.05, 4.69) is 21.8 Å². The summed E-state index contributed by atoms with van der Waals surface area (Å²) in [5, 5.41) is 0. The smallest absolute Gasteiger partial charge is 0.256 e. The van der Waals surface area contributed by atoms with Crippen LogP contribution in [0.4, 0.5) is 5.95 Å². The topological polar surface area (TPSA) is 81.7 Å². The highest BCUT2D eigenvalue weighted by molar-refractivity contribution is 6.00. The van der Waals surface area contributed by atoms with Gasteiger partial charge in [0, 0.05) is 45.2 Å². The molecule has 1 saturated heterocycles. The highest BCUT2D eigenvalue weighted by atomic mass is 16.2. The molecule has 1 aliphatic heterocycles. The van der Waals surface area contributed by atoms with Gasteiger partial charge in [0.15, 0.2) is 0 Å². The van der Waals surface area contributed by atoms with E-state index in [1.165, 1.54) is 32.1 Å². The zero-order valence-corrected chi connectivity index (χ0v) is 21.9. The first kappa shape index (κ1) is 26.4. The fourth-order valence-electron chi connectivity index (χ4n) is 5.60. The molecule has 1 aliphatic carbocycles. The molecule has 2 aliphatic rings. The molecule has 1 aromatic heterocycles. The predicted molar refractivity (Wildman–Crippen MR) is 140 cm³/mol. The number of aliphatic imine (C=N–C) groups is 1. The minimum Gasteiger partial charge on any atom is -0.343 e. The second-order valence-electron chi connectivity index (χ2n) is 10.1. The quantitative estimate of drug-likeness (QED) is 0.506. The molecule has 2 fully saturated rings. The Hall–Kier alpha value is -2.18. The van der Waals surface area contributed by atoms with Crippen LogP contribution in [0.2, 0.25) is 0 Å². The molecule has 3 rings (SSSR count). The van der Waals surface area contributed by atoms with Crippen molar-refractivity contribution >= 4 is 17.6 Å². The largest absolute Gasteiger partial charge is 0.343 e. The standard InChI is InChI=1S/C27H45N5O2/c1-5-11-23(28-4)25-22(6-2)26(34)30-27(29-25)32(18-20-12-9-8-10-13-20)19-21-14-16-31(17-15-21)24(33)7-3/h20-21H,5-19H2,1-4H3,(H,29,30,34)/b28-23-. The maximum absolute atomic E-state index is 13.1. The number of H-pyrrole nitrogens is 1. The molecule has 34 heavy (non-hydrogen) atoms. The van der Waals surface area contributed by atoms with Crippen LogP contribution in [0.1, 0.15) is 96.2 Å². The summed E-state index contributed by atoms with van der Waals surface area (Å²) in [5.74, 6) is 2.10. The Morgan fingerprint density at radius 3 is 2.26 bits per heavy atom. The van der Waals surface area contributed by atoms with Crippen LogP contribution in [0.25, 0.3) is 0 Å². The lowest BCUT2D eigenvalue weighted by atomic mass is 9.88. The summed E-state index contributed by atoms with van der Waals surface area (Å²) in [6.07, 6.45) is 11.5. The summed E-state index contributed by atoms with van der Waals surface area (Å²) >= 11 is 0. The molecule has 0 atom stereocenters. The van der Waals surface area contributed by atoms with Crippen LogP contribution in [0.5, 0.6) is 0 Å². The third-order valence-corrected chi connectivity index (χ3v) is 7.64. The van der Waals surface area contributed by atoms with Crippen molar-refractivity contribution in [1.82, 2.24) is 14.9 Å². The fourth-order valence-corrected chi connectivity index (χ4v) is 5.60. The zero-order chi connectivity index (χ0) is 24.5. The number of nitrogens with one attached hydrogen (secondary N) is 1. The van der Waals surface area contributed by atoms with E-state index in [1.807, 2.05) is 18.7 Å². The van der Waals surface area contributed by atoms with Crippen LogP contribution in [0.15, 0.2) is 9.79 Å². The first-order chi connectivity index (χ1) is 16.5. The molecule has 0 unspecified atom stereocenters. The summed E-state index contributed by atoms with van der Waals surface area (Å²) in [5.41, 5.74) is 2.41. The monoisotopic (exact) mass is 471 g/mol. The lowest BCUT2D eigenvalue weighted by Gasteiger charge is -2.37. The van der Waals surface area contributed by atoms with Gasteiger partial charge >= 0.3 is 0 Å². The summed E-state index contributed by atoms with van der Waals surface area (Å²) < 4.78 is 0. The van der Waals surface area contributed by atoms with Crippen molar-refractivity contribution in [3.05, 3.63) is 21.6 Å². The predicted octanol–water partition coefficient (Wildman–Crippen LogP) is 4.59. The Morgan fingerprint density at radius 2 is 1.71 bits per heavy atom. The molecule has 1 saturated carbocycles. The molecule has 0 bridgehead atoms. The van der Waals surface area contributed by atoms with Crippen molar-refractivity contribution in [2.45, 2.75) is 91.4 Å². The Bertz CT molecular complexity index is 879. The lowest BCUT2D eigenvalue weighted by molar-refractivity contribution is -0.132. The van der Waals surface area contributed by atoms with E-state index in [1.54, 1.807) is 7.05 Å². The summed E-state index contributed by atoms with van der Waals surface area (Å²) in [7, 11) is 1.80. The average Bonchev–Trinajstić information content (AvgIpc) is 2.87. The van der Waals surface area contributed by atoms with Crippen LogP contribution in [0, 0.1) is 11.8 Å². The molecule has 0 spiro atoms. The SMILES string of the molecule is CCC/C(=N/C)c1nc(N(CC2CCCCC2)CC2CCN(C(=O)CC)CC2)[nH]c(=O)c1CC. The van der Waals surface area contributed by atoms with E-state index in [0.29, 0.717) is 30.6 Å². The number of likely N-dealkylation sites (tertiary alicyclic amines) is 1.